The Kier molecular flexibility index (Phi) is 3.45. The minimum Gasteiger partial charge on any atom is -0.321 e. The summed E-state index contributed by atoms with van der Waals surface area (Å²) in [5, 5.41) is 4.32. The first kappa shape index (κ1) is 12.1. The molecule has 0 bridgehead atoms. The third-order valence-electron chi connectivity index (χ3n) is 2.22. The number of carbonyl (C=O) groups is 1. The standard InChI is InChI=1S/C12H11ClN2OS/c1-7-11(14-8(2)17-7)12(16)15-10-5-3-9(13)4-6-10/h3-6H,1-2H3,(H,15,16). The summed E-state index contributed by atoms with van der Waals surface area (Å²) in [4.78, 5) is 17.1. The molecule has 0 atom stereocenters. The van der Waals surface area contributed by atoms with Crippen molar-refractivity contribution < 1.29 is 4.79 Å². The van der Waals surface area contributed by atoms with Gasteiger partial charge in [-0.2, -0.15) is 0 Å². The Morgan fingerprint density at radius 1 is 1.29 bits per heavy atom. The highest BCUT2D eigenvalue weighted by molar-refractivity contribution is 7.11. The monoisotopic (exact) mass is 266 g/mol. The van der Waals surface area contributed by atoms with Crippen LogP contribution < -0.4 is 5.32 Å². The summed E-state index contributed by atoms with van der Waals surface area (Å²) < 4.78 is 0. The maximum Gasteiger partial charge on any atom is 0.275 e. The van der Waals surface area contributed by atoms with E-state index in [-0.39, 0.29) is 5.91 Å². The lowest BCUT2D eigenvalue weighted by Gasteiger charge is -2.03. The van der Waals surface area contributed by atoms with Crippen LogP contribution >= 0.6 is 22.9 Å². The minimum absolute atomic E-state index is 0.186. The lowest BCUT2D eigenvalue weighted by Crippen LogP contribution is -2.13. The van der Waals surface area contributed by atoms with Gasteiger partial charge in [-0.3, -0.25) is 4.79 Å². The summed E-state index contributed by atoms with van der Waals surface area (Å²) in [5.41, 5.74) is 1.20. The molecule has 3 nitrogen and oxygen atoms in total. The molecule has 0 fully saturated rings. The fraction of sp³-hybridized carbons (Fsp3) is 0.167. The summed E-state index contributed by atoms with van der Waals surface area (Å²) in [6, 6.07) is 6.98. The van der Waals surface area contributed by atoms with Crippen molar-refractivity contribution in [3.63, 3.8) is 0 Å². The van der Waals surface area contributed by atoms with Gasteiger partial charge in [-0.15, -0.1) is 11.3 Å². The molecule has 0 saturated heterocycles. The second kappa shape index (κ2) is 4.85. The van der Waals surface area contributed by atoms with Crippen LogP contribution in [0.3, 0.4) is 0 Å². The van der Waals surface area contributed by atoms with Crippen LogP contribution in [0.25, 0.3) is 0 Å². The fourth-order valence-corrected chi connectivity index (χ4v) is 2.40. The van der Waals surface area contributed by atoms with Crippen molar-refractivity contribution in [3.8, 4) is 0 Å². The molecule has 0 radical (unpaired) electrons. The molecule has 1 amide bonds. The van der Waals surface area contributed by atoms with E-state index >= 15 is 0 Å². The first-order valence-electron chi connectivity index (χ1n) is 5.07. The van der Waals surface area contributed by atoms with Crippen molar-refractivity contribution in [1.29, 1.82) is 0 Å². The Labute approximate surface area is 108 Å². The molecule has 0 saturated carbocycles. The number of rotatable bonds is 2. The molecule has 17 heavy (non-hydrogen) atoms. The number of thiazole rings is 1. The number of hydrogen-bond acceptors (Lipinski definition) is 3. The molecule has 0 spiro atoms. The van der Waals surface area contributed by atoms with Crippen LogP contribution in [0.1, 0.15) is 20.4 Å². The van der Waals surface area contributed by atoms with Crippen LogP contribution in [-0.4, -0.2) is 10.9 Å². The molecular formula is C12H11ClN2OS. The zero-order valence-corrected chi connectivity index (χ0v) is 11.0. The molecular weight excluding hydrogens is 256 g/mol. The van der Waals surface area contributed by atoms with Crippen molar-refractivity contribution >= 4 is 34.5 Å². The molecule has 0 aliphatic carbocycles. The Morgan fingerprint density at radius 2 is 1.94 bits per heavy atom. The van der Waals surface area contributed by atoms with Crippen LogP contribution in [0.4, 0.5) is 5.69 Å². The number of aryl methyl sites for hydroxylation is 2. The molecule has 1 aromatic heterocycles. The molecule has 0 aliphatic heterocycles. The molecule has 0 unspecified atom stereocenters. The summed E-state index contributed by atoms with van der Waals surface area (Å²) in [7, 11) is 0. The quantitative estimate of drug-likeness (QED) is 0.901. The Hall–Kier alpha value is -1.39. The van der Waals surface area contributed by atoms with E-state index in [2.05, 4.69) is 10.3 Å². The van der Waals surface area contributed by atoms with Gasteiger partial charge in [0.05, 0.1) is 5.01 Å². The van der Waals surface area contributed by atoms with Crippen LogP contribution in [0.2, 0.25) is 5.02 Å². The highest BCUT2D eigenvalue weighted by atomic mass is 35.5. The molecule has 1 N–H and O–H groups in total. The maximum atomic E-state index is 11.9. The molecule has 0 aliphatic rings. The third-order valence-corrected chi connectivity index (χ3v) is 3.36. The van der Waals surface area contributed by atoms with Gasteiger partial charge in [0.1, 0.15) is 5.69 Å². The third kappa shape index (κ3) is 2.84. The van der Waals surface area contributed by atoms with Gasteiger partial charge in [0.15, 0.2) is 0 Å². The van der Waals surface area contributed by atoms with Gasteiger partial charge in [-0.1, -0.05) is 11.6 Å². The number of anilines is 1. The van der Waals surface area contributed by atoms with E-state index < -0.39 is 0 Å². The molecule has 2 rings (SSSR count). The number of benzene rings is 1. The van der Waals surface area contributed by atoms with Gasteiger partial charge < -0.3 is 5.32 Å². The summed E-state index contributed by atoms with van der Waals surface area (Å²) >= 11 is 7.29. The van der Waals surface area contributed by atoms with Gasteiger partial charge in [0, 0.05) is 15.6 Å². The second-order valence-electron chi connectivity index (χ2n) is 3.60. The van der Waals surface area contributed by atoms with Crippen molar-refractivity contribution in [2.24, 2.45) is 0 Å². The number of carbonyl (C=O) groups excluding carboxylic acids is 1. The van der Waals surface area contributed by atoms with Gasteiger partial charge in [-0.05, 0) is 38.1 Å². The van der Waals surface area contributed by atoms with Gasteiger partial charge in [-0.25, -0.2) is 4.98 Å². The van der Waals surface area contributed by atoms with Gasteiger partial charge >= 0.3 is 0 Å². The minimum atomic E-state index is -0.186. The predicted molar refractivity (Wildman–Crippen MR) is 71.0 cm³/mol. The second-order valence-corrected chi connectivity index (χ2v) is 5.44. The largest absolute Gasteiger partial charge is 0.321 e. The Morgan fingerprint density at radius 3 is 2.47 bits per heavy atom. The van der Waals surface area contributed by atoms with Crippen molar-refractivity contribution in [1.82, 2.24) is 4.98 Å². The summed E-state index contributed by atoms with van der Waals surface area (Å²) in [6.07, 6.45) is 0. The van der Waals surface area contributed by atoms with Crippen molar-refractivity contribution in [3.05, 3.63) is 44.9 Å². The molecule has 1 aromatic carbocycles. The lowest BCUT2D eigenvalue weighted by atomic mass is 10.3. The topological polar surface area (TPSA) is 42.0 Å². The van der Waals surface area contributed by atoms with Crippen LogP contribution in [0, 0.1) is 13.8 Å². The van der Waals surface area contributed by atoms with Crippen LogP contribution in [0.5, 0.6) is 0 Å². The molecule has 5 heteroatoms. The SMILES string of the molecule is Cc1nc(C(=O)Nc2ccc(Cl)cc2)c(C)s1. The average Bonchev–Trinajstić information content (AvgIpc) is 2.61. The number of amides is 1. The normalized spacial score (nSPS) is 10.3. The van der Waals surface area contributed by atoms with Gasteiger partial charge in [0.2, 0.25) is 0 Å². The number of halogens is 1. The molecule has 88 valence electrons. The summed E-state index contributed by atoms with van der Waals surface area (Å²) in [6.45, 7) is 3.78. The first-order chi connectivity index (χ1) is 8.06. The Bertz CT molecular complexity index is 548. The zero-order valence-electron chi connectivity index (χ0n) is 9.45. The van der Waals surface area contributed by atoms with Crippen molar-refractivity contribution in [2.45, 2.75) is 13.8 Å². The van der Waals surface area contributed by atoms with Crippen LogP contribution in [-0.2, 0) is 0 Å². The number of hydrogen-bond donors (Lipinski definition) is 1. The van der Waals surface area contributed by atoms with E-state index in [4.69, 9.17) is 11.6 Å². The smallest absolute Gasteiger partial charge is 0.275 e. The zero-order chi connectivity index (χ0) is 12.4. The first-order valence-corrected chi connectivity index (χ1v) is 6.26. The van der Waals surface area contributed by atoms with Crippen LogP contribution in [0.15, 0.2) is 24.3 Å². The number of nitrogens with zero attached hydrogens (tertiary/aromatic N) is 1. The lowest BCUT2D eigenvalue weighted by molar-refractivity contribution is 0.102. The van der Waals surface area contributed by atoms with E-state index in [1.807, 2.05) is 13.8 Å². The highest BCUT2D eigenvalue weighted by Gasteiger charge is 2.13. The van der Waals surface area contributed by atoms with E-state index in [1.165, 1.54) is 11.3 Å². The summed E-state index contributed by atoms with van der Waals surface area (Å²) in [5.74, 6) is -0.186. The fourth-order valence-electron chi connectivity index (χ4n) is 1.46. The Balaban J connectivity index is 2.17. The van der Waals surface area contributed by atoms with Crippen molar-refractivity contribution in [2.75, 3.05) is 5.32 Å². The van der Waals surface area contributed by atoms with E-state index in [0.717, 1.165) is 9.88 Å². The number of nitrogens with one attached hydrogen (secondary N) is 1. The molecule has 1 heterocycles. The highest BCUT2D eigenvalue weighted by Crippen LogP contribution is 2.19. The molecule has 2 aromatic rings. The number of aromatic nitrogens is 1. The van der Waals surface area contributed by atoms with E-state index in [0.29, 0.717) is 16.4 Å². The van der Waals surface area contributed by atoms with E-state index in [9.17, 15) is 4.79 Å². The maximum absolute atomic E-state index is 11.9. The predicted octanol–water partition coefficient (Wildman–Crippen LogP) is 3.67. The van der Waals surface area contributed by atoms with Gasteiger partial charge in [0.25, 0.3) is 5.91 Å². The van der Waals surface area contributed by atoms with E-state index in [1.54, 1.807) is 24.3 Å². The average molecular weight is 267 g/mol.